The molecule has 0 radical (unpaired) electrons. The molecule has 0 unspecified atom stereocenters. The van der Waals surface area contributed by atoms with Crippen LogP contribution in [0.25, 0.3) is 0 Å². The van der Waals surface area contributed by atoms with Gasteiger partial charge in [-0.05, 0) is 0 Å². The SMILES string of the molecule is N=C(OCCc1nsc(N)n1)C(=O)O. The summed E-state index contributed by atoms with van der Waals surface area (Å²) in [4.78, 5) is 14.0. The number of rotatable bonds is 3. The number of aromatic nitrogens is 2. The van der Waals surface area contributed by atoms with Gasteiger partial charge in [-0.2, -0.15) is 4.37 Å². The van der Waals surface area contributed by atoms with Gasteiger partial charge in [0.15, 0.2) is 5.13 Å². The fraction of sp³-hybridized carbons (Fsp3) is 0.333. The van der Waals surface area contributed by atoms with Gasteiger partial charge in [0.1, 0.15) is 5.82 Å². The quantitative estimate of drug-likeness (QED) is 0.472. The van der Waals surface area contributed by atoms with Crippen LogP contribution in [0.15, 0.2) is 0 Å². The van der Waals surface area contributed by atoms with E-state index in [1.807, 2.05) is 0 Å². The number of carboxylic acids is 1. The lowest BCUT2D eigenvalue weighted by Gasteiger charge is -2.00. The van der Waals surface area contributed by atoms with Crippen molar-refractivity contribution in [3.63, 3.8) is 0 Å². The van der Waals surface area contributed by atoms with E-state index in [4.69, 9.17) is 16.2 Å². The molecule has 0 saturated carbocycles. The van der Waals surface area contributed by atoms with Crippen molar-refractivity contribution in [1.82, 2.24) is 9.36 Å². The first kappa shape index (κ1) is 10.4. The van der Waals surface area contributed by atoms with E-state index in [1.165, 1.54) is 0 Å². The Morgan fingerprint density at radius 2 is 2.43 bits per heavy atom. The molecule has 0 aliphatic carbocycles. The van der Waals surface area contributed by atoms with Crippen molar-refractivity contribution in [3.05, 3.63) is 5.82 Å². The standard InChI is InChI=1S/C6H8N4O3S/c7-4(5(11)12)13-2-1-3-9-6(8)14-10-3/h7H,1-2H2,(H,11,12)(H2,8,9,10). The van der Waals surface area contributed by atoms with Gasteiger partial charge in [-0.15, -0.1) is 0 Å². The number of nitrogens with two attached hydrogens (primary N) is 1. The Morgan fingerprint density at radius 1 is 1.71 bits per heavy atom. The maximum absolute atomic E-state index is 10.1. The van der Waals surface area contributed by atoms with Crippen molar-refractivity contribution in [2.45, 2.75) is 6.42 Å². The Bertz CT molecular complexity index is 351. The van der Waals surface area contributed by atoms with Crippen molar-refractivity contribution >= 4 is 28.5 Å². The number of nitrogen functional groups attached to an aromatic ring is 1. The second kappa shape index (κ2) is 4.51. The maximum Gasteiger partial charge on any atom is 0.391 e. The molecule has 0 fully saturated rings. The minimum Gasteiger partial charge on any atom is -0.474 e. The number of nitrogens with zero attached hydrogens (tertiary/aromatic N) is 2. The summed E-state index contributed by atoms with van der Waals surface area (Å²) < 4.78 is 8.45. The third-order valence-electron chi connectivity index (χ3n) is 1.25. The zero-order valence-corrected chi connectivity index (χ0v) is 7.87. The zero-order chi connectivity index (χ0) is 10.6. The van der Waals surface area contributed by atoms with E-state index in [-0.39, 0.29) is 6.61 Å². The van der Waals surface area contributed by atoms with Crippen LogP contribution in [-0.4, -0.2) is 32.9 Å². The number of ether oxygens (including phenoxy) is 1. The van der Waals surface area contributed by atoms with Crippen LogP contribution in [0.5, 0.6) is 0 Å². The molecular weight excluding hydrogens is 208 g/mol. The number of nitrogens with one attached hydrogen (secondary N) is 1. The Labute approximate surface area is 83.2 Å². The lowest BCUT2D eigenvalue weighted by Crippen LogP contribution is -2.17. The number of hydrogen-bond acceptors (Lipinski definition) is 7. The molecule has 1 aromatic heterocycles. The van der Waals surface area contributed by atoms with E-state index in [0.717, 1.165) is 11.5 Å². The Morgan fingerprint density at radius 3 is 2.93 bits per heavy atom. The van der Waals surface area contributed by atoms with Gasteiger partial charge in [-0.1, -0.05) is 0 Å². The zero-order valence-electron chi connectivity index (χ0n) is 7.06. The fourth-order valence-electron chi connectivity index (χ4n) is 0.675. The lowest BCUT2D eigenvalue weighted by atomic mass is 10.4. The van der Waals surface area contributed by atoms with Gasteiger partial charge in [0, 0.05) is 18.0 Å². The van der Waals surface area contributed by atoms with Gasteiger partial charge in [-0.3, -0.25) is 5.41 Å². The second-order valence-electron chi connectivity index (χ2n) is 2.28. The van der Waals surface area contributed by atoms with Gasteiger partial charge < -0.3 is 15.6 Å². The van der Waals surface area contributed by atoms with Gasteiger partial charge in [0.2, 0.25) is 0 Å². The van der Waals surface area contributed by atoms with Crippen LogP contribution in [0, 0.1) is 5.41 Å². The minimum atomic E-state index is -1.39. The Kier molecular flexibility index (Phi) is 3.35. The Balaban J connectivity index is 2.29. The highest BCUT2D eigenvalue weighted by molar-refractivity contribution is 7.09. The first-order valence-corrected chi connectivity index (χ1v) is 4.39. The van der Waals surface area contributed by atoms with Crippen LogP contribution in [0.1, 0.15) is 5.82 Å². The maximum atomic E-state index is 10.1. The molecular formula is C6H8N4O3S. The van der Waals surface area contributed by atoms with Crippen LogP contribution < -0.4 is 5.73 Å². The molecule has 4 N–H and O–H groups in total. The first-order chi connectivity index (χ1) is 6.59. The molecule has 0 spiro atoms. The van der Waals surface area contributed by atoms with Crippen molar-refractivity contribution in [2.24, 2.45) is 0 Å². The summed E-state index contributed by atoms with van der Waals surface area (Å²) in [6, 6.07) is 0. The predicted molar refractivity (Wildman–Crippen MR) is 49.3 cm³/mol. The number of carbonyl (C=O) groups is 1. The average molecular weight is 216 g/mol. The summed E-state index contributed by atoms with van der Waals surface area (Å²) in [5, 5.41) is 15.5. The average Bonchev–Trinajstić information content (AvgIpc) is 2.51. The van der Waals surface area contributed by atoms with Gasteiger partial charge in [-0.25, -0.2) is 9.78 Å². The molecule has 7 nitrogen and oxygen atoms in total. The number of hydrogen-bond donors (Lipinski definition) is 3. The summed E-state index contributed by atoms with van der Waals surface area (Å²) in [5.74, 6) is -1.69. The highest BCUT2D eigenvalue weighted by Crippen LogP contribution is 2.05. The molecule has 0 bridgehead atoms. The van der Waals surface area contributed by atoms with Crippen LogP contribution in [-0.2, 0) is 16.0 Å². The molecule has 0 aliphatic heterocycles. The molecule has 1 rings (SSSR count). The Hall–Kier alpha value is -1.70. The summed E-state index contributed by atoms with van der Waals surface area (Å²) in [7, 11) is 0. The molecule has 1 aromatic rings. The molecule has 0 amide bonds. The number of carboxylic acid groups (broad SMARTS) is 1. The predicted octanol–water partition coefficient (Wildman–Crippen LogP) is -0.259. The lowest BCUT2D eigenvalue weighted by molar-refractivity contribution is -0.131. The van der Waals surface area contributed by atoms with Crippen molar-refractivity contribution in [1.29, 1.82) is 5.41 Å². The third-order valence-corrected chi connectivity index (χ3v) is 1.83. The summed E-state index contributed by atoms with van der Waals surface area (Å²) in [6.07, 6.45) is 0.337. The largest absolute Gasteiger partial charge is 0.474 e. The first-order valence-electron chi connectivity index (χ1n) is 3.62. The summed E-state index contributed by atoms with van der Waals surface area (Å²) >= 11 is 1.06. The van der Waals surface area contributed by atoms with E-state index in [0.29, 0.717) is 17.4 Å². The van der Waals surface area contributed by atoms with Gasteiger partial charge in [0.05, 0.1) is 6.61 Å². The summed E-state index contributed by atoms with van der Waals surface area (Å²) in [5.41, 5.74) is 5.33. The normalized spacial score (nSPS) is 9.71. The smallest absolute Gasteiger partial charge is 0.391 e. The highest BCUT2D eigenvalue weighted by atomic mass is 32.1. The van der Waals surface area contributed by atoms with E-state index in [1.54, 1.807) is 0 Å². The molecule has 76 valence electrons. The molecule has 8 heteroatoms. The van der Waals surface area contributed by atoms with Crippen molar-refractivity contribution in [2.75, 3.05) is 12.3 Å². The van der Waals surface area contributed by atoms with Crippen molar-refractivity contribution < 1.29 is 14.6 Å². The molecule has 0 saturated heterocycles. The number of anilines is 1. The highest BCUT2D eigenvalue weighted by Gasteiger charge is 2.08. The van der Waals surface area contributed by atoms with Crippen LogP contribution in [0.4, 0.5) is 5.13 Å². The van der Waals surface area contributed by atoms with Gasteiger partial charge >= 0.3 is 5.97 Å². The van der Waals surface area contributed by atoms with E-state index in [2.05, 4.69) is 14.1 Å². The van der Waals surface area contributed by atoms with Gasteiger partial charge in [0.25, 0.3) is 5.90 Å². The molecule has 0 aliphatic rings. The molecule has 14 heavy (non-hydrogen) atoms. The second-order valence-corrected chi connectivity index (χ2v) is 3.07. The van der Waals surface area contributed by atoms with Crippen LogP contribution in [0.3, 0.4) is 0 Å². The van der Waals surface area contributed by atoms with Crippen LogP contribution in [0.2, 0.25) is 0 Å². The molecule has 1 heterocycles. The van der Waals surface area contributed by atoms with E-state index >= 15 is 0 Å². The summed E-state index contributed by atoms with van der Waals surface area (Å²) in [6.45, 7) is 0.0569. The van der Waals surface area contributed by atoms with E-state index in [9.17, 15) is 4.79 Å². The topological polar surface area (TPSA) is 122 Å². The molecule has 0 atom stereocenters. The number of aliphatic carboxylic acids is 1. The van der Waals surface area contributed by atoms with E-state index < -0.39 is 11.9 Å². The van der Waals surface area contributed by atoms with Crippen molar-refractivity contribution in [3.8, 4) is 0 Å². The van der Waals surface area contributed by atoms with Crippen LogP contribution >= 0.6 is 11.5 Å². The minimum absolute atomic E-state index is 0.0569. The monoisotopic (exact) mass is 216 g/mol. The third kappa shape index (κ3) is 2.98. The molecule has 0 aromatic carbocycles. The fourth-order valence-corrected chi connectivity index (χ4v) is 1.15.